The highest BCUT2D eigenvalue weighted by atomic mass is 16.5. The van der Waals surface area contributed by atoms with Gasteiger partial charge in [0.25, 0.3) is 0 Å². The van der Waals surface area contributed by atoms with Gasteiger partial charge in [-0.2, -0.15) is 0 Å². The van der Waals surface area contributed by atoms with Crippen LogP contribution in [0, 0.1) is 0 Å². The van der Waals surface area contributed by atoms with Crippen LogP contribution in [0.1, 0.15) is 5.56 Å². The standard InChI is InChI=1S/C15H18N2O2/c1-18-14-9-8-12(10-15(14)19-2)11-16-17-13-6-4-3-5-7-13/h3-10,16-17H,11H2,1-2H3. The number of hydrazine groups is 1. The third-order valence-corrected chi connectivity index (χ3v) is 2.75. The molecule has 0 aromatic heterocycles. The largest absolute Gasteiger partial charge is 0.493 e. The molecule has 0 aliphatic rings. The Morgan fingerprint density at radius 2 is 1.63 bits per heavy atom. The molecule has 4 heteroatoms. The zero-order valence-electron chi connectivity index (χ0n) is 11.1. The van der Waals surface area contributed by atoms with Crippen LogP contribution in [0.25, 0.3) is 0 Å². The van der Waals surface area contributed by atoms with Gasteiger partial charge in [0.2, 0.25) is 0 Å². The lowest BCUT2D eigenvalue weighted by atomic mass is 10.2. The molecule has 0 saturated heterocycles. The lowest BCUT2D eigenvalue weighted by molar-refractivity contribution is 0.354. The van der Waals surface area contributed by atoms with Crippen molar-refractivity contribution >= 4 is 5.69 Å². The number of methoxy groups -OCH3 is 2. The van der Waals surface area contributed by atoms with Crippen LogP contribution in [0.3, 0.4) is 0 Å². The van der Waals surface area contributed by atoms with Crippen LogP contribution in [0.5, 0.6) is 11.5 Å². The zero-order chi connectivity index (χ0) is 13.5. The van der Waals surface area contributed by atoms with Gasteiger partial charge in [-0.1, -0.05) is 24.3 Å². The maximum atomic E-state index is 5.27. The number of para-hydroxylation sites is 1. The highest BCUT2D eigenvalue weighted by Gasteiger charge is 2.03. The van der Waals surface area contributed by atoms with E-state index in [1.807, 2.05) is 48.5 Å². The van der Waals surface area contributed by atoms with Crippen LogP contribution in [0.4, 0.5) is 5.69 Å². The van der Waals surface area contributed by atoms with Crippen LogP contribution >= 0.6 is 0 Å². The molecule has 2 aromatic carbocycles. The van der Waals surface area contributed by atoms with E-state index in [4.69, 9.17) is 9.47 Å². The first-order chi connectivity index (χ1) is 9.33. The van der Waals surface area contributed by atoms with Gasteiger partial charge in [0, 0.05) is 12.2 Å². The number of hydrogen-bond donors (Lipinski definition) is 2. The molecule has 0 fully saturated rings. The Bertz CT molecular complexity index is 515. The number of ether oxygens (including phenoxy) is 2. The number of benzene rings is 2. The zero-order valence-corrected chi connectivity index (χ0v) is 11.1. The minimum absolute atomic E-state index is 0.690. The smallest absolute Gasteiger partial charge is 0.161 e. The molecule has 0 bridgehead atoms. The molecule has 0 aliphatic heterocycles. The highest BCUT2D eigenvalue weighted by Crippen LogP contribution is 2.27. The minimum Gasteiger partial charge on any atom is -0.493 e. The van der Waals surface area contributed by atoms with Gasteiger partial charge in [0.05, 0.1) is 14.2 Å². The van der Waals surface area contributed by atoms with Gasteiger partial charge in [-0.25, -0.2) is 5.43 Å². The Morgan fingerprint density at radius 3 is 2.32 bits per heavy atom. The van der Waals surface area contributed by atoms with E-state index in [1.54, 1.807) is 14.2 Å². The third-order valence-electron chi connectivity index (χ3n) is 2.75. The van der Waals surface area contributed by atoms with Gasteiger partial charge in [0.15, 0.2) is 11.5 Å². The van der Waals surface area contributed by atoms with E-state index in [1.165, 1.54) is 0 Å². The van der Waals surface area contributed by atoms with Crippen molar-refractivity contribution in [2.75, 3.05) is 19.6 Å². The number of nitrogens with one attached hydrogen (secondary N) is 2. The first-order valence-corrected chi connectivity index (χ1v) is 6.08. The summed E-state index contributed by atoms with van der Waals surface area (Å²) < 4.78 is 10.5. The quantitative estimate of drug-likeness (QED) is 0.782. The van der Waals surface area contributed by atoms with Gasteiger partial charge >= 0.3 is 0 Å². The number of anilines is 1. The summed E-state index contributed by atoms with van der Waals surface area (Å²) in [7, 11) is 3.27. The summed E-state index contributed by atoms with van der Waals surface area (Å²) in [5, 5.41) is 0. The molecule has 0 atom stereocenters. The molecule has 2 N–H and O–H groups in total. The number of hydrogen-bond acceptors (Lipinski definition) is 4. The predicted molar refractivity (Wildman–Crippen MR) is 76.5 cm³/mol. The molecular weight excluding hydrogens is 240 g/mol. The summed E-state index contributed by atoms with van der Waals surface area (Å²) >= 11 is 0. The molecule has 0 unspecified atom stereocenters. The van der Waals surface area contributed by atoms with Gasteiger partial charge in [-0.3, -0.25) is 0 Å². The van der Waals surface area contributed by atoms with Crippen molar-refractivity contribution in [3.8, 4) is 11.5 Å². The van der Waals surface area contributed by atoms with E-state index in [0.29, 0.717) is 6.54 Å². The second-order valence-corrected chi connectivity index (χ2v) is 4.03. The van der Waals surface area contributed by atoms with Crippen molar-refractivity contribution in [3.05, 3.63) is 54.1 Å². The Kier molecular flexibility index (Phi) is 4.64. The fourth-order valence-corrected chi connectivity index (χ4v) is 1.76. The van der Waals surface area contributed by atoms with E-state index in [2.05, 4.69) is 10.9 Å². The topological polar surface area (TPSA) is 42.5 Å². The summed E-state index contributed by atoms with van der Waals surface area (Å²) in [5.74, 6) is 1.48. The fourth-order valence-electron chi connectivity index (χ4n) is 1.76. The van der Waals surface area contributed by atoms with Crippen LogP contribution in [0.15, 0.2) is 48.5 Å². The first-order valence-electron chi connectivity index (χ1n) is 6.08. The van der Waals surface area contributed by atoms with E-state index in [9.17, 15) is 0 Å². The van der Waals surface area contributed by atoms with Gasteiger partial charge in [-0.05, 0) is 29.8 Å². The summed E-state index contributed by atoms with van der Waals surface area (Å²) in [4.78, 5) is 0. The average molecular weight is 258 g/mol. The van der Waals surface area contributed by atoms with Crippen molar-refractivity contribution in [2.24, 2.45) is 0 Å². The first kappa shape index (κ1) is 13.2. The van der Waals surface area contributed by atoms with Crippen LogP contribution in [-0.2, 0) is 6.54 Å². The maximum absolute atomic E-state index is 5.27. The molecule has 0 amide bonds. The van der Waals surface area contributed by atoms with Gasteiger partial charge in [-0.15, -0.1) is 0 Å². The fraction of sp³-hybridized carbons (Fsp3) is 0.200. The molecule has 4 nitrogen and oxygen atoms in total. The molecule has 0 spiro atoms. The average Bonchev–Trinajstić information content (AvgIpc) is 2.48. The maximum Gasteiger partial charge on any atom is 0.161 e. The van der Waals surface area contributed by atoms with Gasteiger partial charge in [0.1, 0.15) is 0 Å². The van der Waals surface area contributed by atoms with E-state index in [0.717, 1.165) is 22.7 Å². The van der Waals surface area contributed by atoms with Crippen molar-refractivity contribution in [3.63, 3.8) is 0 Å². The second kappa shape index (κ2) is 6.66. The Hall–Kier alpha value is -2.20. The van der Waals surface area contributed by atoms with E-state index < -0.39 is 0 Å². The number of rotatable bonds is 6. The monoisotopic (exact) mass is 258 g/mol. The van der Waals surface area contributed by atoms with Crippen LogP contribution in [0.2, 0.25) is 0 Å². The van der Waals surface area contributed by atoms with Gasteiger partial charge < -0.3 is 14.9 Å². The molecule has 0 radical (unpaired) electrons. The highest BCUT2D eigenvalue weighted by molar-refractivity contribution is 5.44. The Balaban J connectivity index is 1.93. The predicted octanol–water partition coefficient (Wildman–Crippen LogP) is 2.82. The SMILES string of the molecule is COc1ccc(CNNc2ccccc2)cc1OC. The molecule has 0 aliphatic carbocycles. The summed E-state index contributed by atoms with van der Waals surface area (Å²) in [5.41, 5.74) is 8.44. The second-order valence-electron chi connectivity index (χ2n) is 4.03. The molecule has 100 valence electrons. The minimum atomic E-state index is 0.690. The van der Waals surface area contributed by atoms with E-state index in [-0.39, 0.29) is 0 Å². The summed E-state index contributed by atoms with van der Waals surface area (Å²) in [6.45, 7) is 0.690. The Labute approximate surface area is 113 Å². The van der Waals surface area contributed by atoms with E-state index >= 15 is 0 Å². The lowest BCUT2D eigenvalue weighted by Crippen LogP contribution is -2.20. The molecule has 2 aromatic rings. The van der Waals surface area contributed by atoms with Crippen molar-refractivity contribution < 1.29 is 9.47 Å². The van der Waals surface area contributed by atoms with Crippen molar-refractivity contribution in [1.29, 1.82) is 0 Å². The molecule has 2 rings (SSSR count). The lowest BCUT2D eigenvalue weighted by Gasteiger charge is -2.11. The third kappa shape index (κ3) is 3.63. The normalized spacial score (nSPS) is 10.0. The molecule has 19 heavy (non-hydrogen) atoms. The van der Waals surface area contributed by atoms with Crippen molar-refractivity contribution in [2.45, 2.75) is 6.54 Å². The summed E-state index contributed by atoms with van der Waals surface area (Å²) in [6.07, 6.45) is 0. The van der Waals surface area contributed by atoms with Crippen LogP contribution < -0.4 is 20.3 Å². The van der Waals surface area contributed by atoms with Crippen LogP contribution in [-0.4, -0.2) is 14.2 Å². The molecular formula is C15H18N2O2. The Morgan fingerprint density at radius 1 is 0.895 bits per heavy atom. The molecule has 0 heterocycles. The van der Waals surface area contributed by atoms with Crippen molar-refractivity contribution in [1.82, 2.24) is 5.43 Å². The summed E-state index contributed by atoms with van der Waals surface area (Å²) in [6, 6.07) is 15.8. The molecule has 0 saturated carbocycles.